The summed E-state index contributed by atoms with van der Waals surface area (Å²) in [6.45, 7) is 2.11. The van der Waals surface area contributed by atoms with Crippen LogP contribution in [0.15, 0.2) is 29.2 Å². The van der Waals surface area contributed by atoms with Gasteiger partial charge in [0, 0.05) is 12.4 Å². The number of benzene rings is 1. The summed E-state index contributed by atoms with van der Waals surface area (Å²) < 4.78 is 25.5. The van der Waals surface area contributed by atoms with Crippen LogP contribution in [0.5, 0.6) is 0 Å². The molecule has 2 rings (SSSR count). The van der Waals surface area contributed by atoms with Crippen LogP contribution in [0.1, 0.15) is 5.56 Å². The highest BCUT2D eigenvalue weighted by Gasteiger charge is 2.40. The number of hydrogen-bond acceptors (Lipinski definition) is 3. The number of nitrogens with zero attached hydrogens (tertiary/aromatic N) is 1. The molecular formula is C11H13ClN2O3S. The van der Waals surface area contributed by atoms with E-state index >= 15 is 0 Å². The first kappa shape index (κ1) is 13.2. The number of halogens is 1. The highest BCUT2D eigenvalue weighted by atomic mass is 35.5. The molecule has 0 saturated carbocycles. The number of carbonyl (C=O) groups is 1. The van der Waals surface area contributed by atoms with E-state index in [4.69, 9.17) is 11.6 Å². The van der Waals surface area contributed by atoms with Crippen molar-refractivity contribution in [3.63, 3.8) is 0 Å². The maximum absolute atomic E-state index is 12.3. The van der Waals surface area contributed by atoms with Crippen molar-refractivity contribution in [2.45, 2.75) is 17.9 Å². The Hall–Kier alpha value is -1.27. The summed E-state index contributed by atoms with van der Waals surface area (Å²) in [5.41, 5.74) is 0.953. The van der Waals surface area contributed by atoms with E-state index in [1.165, 1.54) is 12.1 Å². The lowest BCUT2D eigenvalue weighted by molar-refractivity contribution is 0.232. The molecule has 0 bridgehead atoms. The fraction of sp³-hybridized carbons (Fsp3) is 0.364. The summed E-state index contributed by atoms with van der Waals surface area (Å²) >= 11 is 5.69. The van der Waals surface area contributed by atoms with E-state index < -0.39 is 22.1 Å². The predicted octanol–water partition coefficient (Wildman–Crippen LogP) is 1.32. The third-order valence-corrected chi connectivity index (χ3v) is 4.98. The zero-order valence-corrected chi connectivity index (χ0v) is 11.3. The highest BCUT2D eigenvalue weighted by molar-refractivity contribution is 7.89. The summed E-state index contributed by atoms with van der Waals surface area (Å²) in [4.78, 5) is 11.7. The largest absolute Gasteiger partial charge is 0.335 e. The van der Waals surface area contributed by atoms with Crippen molar-refractivity contribution in [1.29, 1.82) is 0 Å². The van der Waals surface area contributed by atoms with Gasteiger partial charge in [-0.1, -0.05) is 17.7 Å². The van der Waals surface area contributed by atoms with Crippen molar-refractivity contribution in [3.8, 4) is 0 Å². The van der Waals surface area contributed by atoms with Crippen LogP contribution in [0.25, 0.3) is 0 Å². The van der Waals surface area contributed by atoms with Crippen LogP contribution in [0.3, 0.4) is 0 Å². The van der Waals surface area contributed by atoms with Crippen molar-refractivity contribution >= 4 is 27.7 Å². The van der Waals surface area contributed by atoms with Crippen molar-refractivity contribution in [3.05, 3.63) is 29.8 Å². The molecule has 1 atom stereocenters. The van der Waals surface area contributed by atoms with Gasteiger partial charge in [-0.2, -0.15) is 0 Å². The van der Waals surface area contributed by atoms with Crippen molar-refractivity contribution in [1.82, 2.24) is 9.62 Å². The smallest absolute Gasteiger partial charge is 0.331 e. The Kier molecular flexibility index (Phi) is 3.49. The number of nitrogens with one attached hydrogen (secondary N) is 1. The van der Waals surface area contributed by atoms with Gasteiger partial charge >= 0.3 is 6.03 Å². The lowest BCUT2D eigenvalue weighted by Crippen LogP contribution is -2.40. The summed E-state index contributed by atoms with van der Waals surface area (Å²) in [6, 6.07) is 5.20. The van der Waals surface area contributed by atoms with Crippen molar-refractivity contribution < 1.29 is 13.2 Å². The molecule has 5 nitrogen and oxygen atoms in total. The summed E-state index contributed by atoms with van der Waals surface area (Å²) in [5.74, 6) is 0.0732. The molecule has 2 amide bonds. The minimum atomic E-state index is -3.83. The van der Waals surface area contributed by atoms with E-state index in [0.29, 0.717) is 0 Å². The Balaban J connectivity index is 2.41. The molecule has 1 aliphatic rings. The molecule has 1 heterocycles. The van der Waals surface area contributed by atoms with Gasteiger partial charge in [0.15, 0.2) is 0 Å². The zero-order chi connectivity index (χ0) is 13.3. The maximum atomic E-state index is 12.3. The van der Waals surface area contributed by atoms with Gasteiger partial charge in [0.25, 0.3) is 10.0 Å². The van der Waals surface area contributed by atoms with Gasteiger partial charge in [-0.3, -0.25) is 0 Å². The summed E-state index contributed by atoms with van der Waals surface area (Å²) in [5, 5.41) is 2.48. The van der Waals surface area contributed by atoms with Gasteiger partial charge in [-0.05, 0) is 19.1 Å². The van der Waals surface area contributed by atoms with Gasteiger partial charge in [0.2, 0.25) is 0 Å². The number of hydrogen-bond donors (Lipinski definition) is 1. The quantitative estimate of drug-likeness (QED) is 0.853. The number of aryl methyl sites for hydroxylation is 1. The monoisotopic (exact) mass is 288 g/mol. The standard InChI is InChI=1S/C11H13ClN2O3S/c1-8-2-4-10(5-3-8)18(16,17)14-9(6-12)7-13-11(14)15/h2-5,9H,6-7H2,1H3,(H,13,15). The third-order valence-electron chi connectivity index (χ3n) is 2.78. The van der Waals surface area contributed by atoms with Crippen molar-refractivity contribution in [2.75, 3.05) is 12.4 Å². The first-order valence-electron chi connectivity index (χ1n) is 5.41. The highest BCUT2D eigenvalue weighted by Crippen LogP contribution is 2.22. The predicted molar refractivity (Wildman–Crippen MR) is 68.1 cm³/mol. The van der Waals surface area contributed by atoms with Crippen LogP contribution in [0.2, 0.25) is 0 Å². The molecule has 0 radical (unpaired) electrons. The molecule has 0 spiro atoms. The molecule has 7 heteroatoms. The molecule has 0 aliphatic carbocycles. The molecule has 18 heavy (non-hydrogen) atoms. The van der Waals surface area contributed by atoms with Crippen LogP contribution < -0.4 is 5.32 Å². The second-order valence-electron chi connectivity index (χ2n) is 4.11. The first-order valence-corrected chi connectivity index (χ1v) is 7.39. The SMILES string of the molecule is Cc1ccc(S(=O)(=O)N2C(=O)NCC2CCl)cc1. The number of alkyl halides is 1. The van der Waals surface area contributed by atoms with E-state index in [9.17, 15) is 13.2 Å². The van der Waals surface area contributed by atoms with E-state index in [1.54, 1.807) is 12.1 Å². The molecule has 1 N–H and O–H groups in total. The van der Waals surface area contributed by atoms with Gasteiger partial charge in [-0.15, -0.1) is 11.6 Å². The lowest BCUT2D eigenvalue weighted by atomic mass is 10.2. The number of amides is 2. The fourth-order valence-corrected chi connectivity index (χ4v) is 3.64. The van der Waals surface area contributed by atoms with Gasteiger partial charge < -0.3 is 5.32 Å². The molecule has 0 aromatic heterocycles. The third kappa shape index (κ3) is 2.18. The van der Waals surface area contributed by atoms with Crippen molar-refractivity contribution in [2.24, 2.45) is 0 Å². The molecule has 1 aromatic rings. The van der Waals surface area contributed by atoms with E-state index in [1.807, 2.05) is 6.92 Å². The van der Waals surface area contributed by atoms with Gasteiger partial charge in [0.05, 0.1) is 10.9 Å². The second-order valence-corrected chi connectivity index (χ2v) is 6.23. The number of sulfonamides is 1. The van der Waals surface area contributed by atoms with Crippen LogP contribution in [0.4, 0.5) is 4.79 Å². The molecule has 98 valence electrons. The van der Waals surface area contributed by atoms with E-state index in [-0.39, 0.29) is 17.3 Å². The first-order chi connectivity index (χ1) is 8.46. The second kappa shape index (κ2) is 4.78. The number of urea groups is 1. The average molecular weight is 289 g/mol. The maximum Gasteiger partial charge on any atom is 0.331 e. The minimum Gasteiger partial charge on any atom is -0.335 e. The molecular weight excluding hydrogens is 276 g/mol. The van der Waals surface area contributed by atoms with Gasteiger partial charge in [0.1, 0.15) is 0 Å². The van der Waals surface area contributed by atoms with E-state index in [2.05, 4.69) is 5.32 Å². The summed E-state index contributed by atoms with van der Waals surface area (Å²) in [7, 11) is -3.83. The molecule has 1 saturated heterocycles. The Morgan fingerprint density at radius 1 is 1.39 bits per heavy atom. The molecule has 1 unspecified atom stereocenters. The summed E-state index contributed by atoms with van der Waals surface area (Å²) in [6.07, 6.45) is 0. The van der Waals surface area contributed by atoms with Crippen LogP contribution in [-0.4, -0.2) is 37.2 Å². The van der Waals surface area contributed by atoms with Crippen LogP contribution in [-0.2, 0) is 10.0 Å². The number of rotatable bonds is 3. The van der Waals surface area contributed by atoms with Gasteiger partial charge in [-0.25, -0.2) is 17.5 Å². The molecule has 1 aromatic carbocycles. The lowest BCUT2D eigenvalue weighted by Gasteiger charge is -2.20. The Morgan fingerprint density at radius 3 is 2.56 bits per heavy atom. The Bertz CT molecular complexity index is 556. The Morgan fingerprint density at radius 2 is 2.00 bits per heavy atom. The minimum absolute atomic E-state index is 0.0732. The molecule has 1 aliphatic heterocycles. The topological polar surface area (TPSA) is 66.5 Å². The number of carbonyl (C=O) groups excluding carboxylic acids is 1. The normalized spacial score (nSPS) is 20.0. The van der Waals surface area contributed by atoms with Crippen LogP contribution >= 0.6 is 11.6 Å². The zero-order valence-electron chi connectivity index (χ0n) is 9.76. The Labute approximate surface area is 111 Å². The van der Waals surface area contributed by atoms with Crippen LogP contribution in [0, 0.1) is 6.92 Å². The van der Waals surface area contributed by atoms with E-state index in [0.717, 1.165) is 9.87 Å². The molecule has 1 fully saturated rings. The fourth-order valence-electron chi connectivity index (χ4n) is 1.78. The average Bonchev–Trinajstić information content (AvgIpc) is 2.71.